The zero-order valence-electron chi connectivity index (χ0n) is 8.47. The zero-order valence-corrected chi connectivity index (χ0v) is 8.47. The third-order valence-corrected chi connectivity index (χ3v) is 3.48. The van der Waals surface area contributed by atoms with Crippen molar-refractivity contribution in [3.63, 3.8) is 0 Å². The van der Waals surface area contributed by atoms with E-state index in [2.05, 4.69) is 17.5 Å². The Hall–Kier alpha value is -0.300. The molecule has 0 radical (unpaired) electrons. The second kappa shape index (κ2) is 4.80. The van der Waals surface area contributed by atoms with Gasteiger partial charge in [-0.25, -0.2) is 0 Å². The van der Waals surface area contributed by atoms with Crippen LogP contribution in [0.15, 0.2) is 12.2 Å². The van der Waals surface area contributed by atoms with Crippen LogP contribution in [-0.2, 0) is 0 Å². The molecule has 74 valence electrons. The lowest BCUT2D eigenvalue weighted by atomic mass is 9.82. The zero-order chi connectivity index (χ0) is 8.93. The third-order valence-electron chi connectivity index (χ3n) is 3.48. The second-order valence-corrected chi connectivity index (χ2v) is 4.48. The summed E-state index contributed by atoms with van der Waals surface area (Å²) >= 11 is 0. The monoisotopic (exact) mass is 179 g/mol. The summed E-state index contributed by atoms with van der Waals surface area (Å²) in [6, 6.07) is 0. The van der Waals surface area contributed by atoms with Gasteiger partial charge in [-0.15, -0.1) is 0 Å². The van der Waals surface area contributed by atoms with Gasteiger partial charge in [0, 0.05) is 0 Å². The predicted octanol–water partition coefficient (Wildman–Crippen LogP) is 2.73. The van der Waals surface area contributed by atoms with Crippen molar-refractivity contribution in [2.24, 2.45) is 11.8 Å². The SMILES string of the molecule is C1=CC(C2CCCCNC2)CCC1. The highest BCUT2D eigenvalue weighted by atomic mass is 14.9. The first kappa shape index (κ1) is 9.26. The normalized spacial score (nSPS) is 35.7. The van der Waals surface area contributed by atoms with Crippen LogP contribution < -0.4 is 5.32 Å². The molecule has 1 aliphatic carbocycles. The summed E-state index contributed by atoms with van der Waals surface area (Å²) in [6.45, 7) is 2.50. The standard InChI is InChI=1S/C12H21N/c1-2-6-11(7-3-1)12-8-4-5-9-13-10-12/h2,6,11-13H,1,3-5,7-10H2. The Bertz CT molecular complexity index is 166. The number of hydrogen-bond acceptors (Lipinski definition) is 1. The lowest BCUT2D eigenvalue weighted by molar-refractivity contribution is 0.336. The van der Waals surface area contributed by atoms with Gasteiger partial charge in [0.05, 0.1) is 0 Å². The first-order chi connectivity index (χ1) is 6.47. The van der Waals surface area contributed by atoms with E-state index in [1.807, 2.05) is 0 Å². The number of allylic oxidation sites excluding steroid dienone is 2. The summed E-state index contributed by atoms with van der Waals surface area (Å²) in [5.41, 5.74) is 0. The van der Waals surface area contributed by atoms with E-state index in [1.54, 1.807) is 0 Å². The van der Waals surface area contributed by atoms with Crippen molar-refractivity contribution in [2.45, 2.75) is 38.5 Å². The molecule has 0 bridgehead atoms. The maximum atomic E-state index is 3.56. The van der Waals surface area contributed by atoms with Crippen LogP contribution in [-0.4, -0.2) is 13.1 Å². The van der Waals surface area contributed by atoms with Gasteiger partial charge in [0.2, 0.25) is 0 Å². The van der Waals surface area contributed by atoms with Crippen LogP contribution in [0.3, 0.4) is 0 Å². The van der Waals surface area contributed by atoms with E-state index in [1.165, 1.54) is 51.6 Å². The topological polar surface area (TPSA) is 12.0 Å². The molecule has 1 heterocycles. The molecule has 1 heteroatoms. The summed E-state index contributed by atoms with van der Waals surface area (Å²) in [5, 5.41) is 3.56. The average Bonchev–Trinajstić information content (AvgIpc) is 2.47. The molecule has 0 spiro atoms. The molecule has 2 aliphatic rings. The summed E-state index contributed by atoms with van der Waals surface area (Å²) < 4.78 is 0. The van der Waals surface area contributed by atoms with Gasteiger partial charge in [0.25, 0.3) is 0 Å². The Morgan fingerprint density at radius 1 is 1.08 bits per heavy atom. The maximum absolute atomic E-state index is 3.56. The van der Waals surface area contributed by atoms with Crippen molar-refractivity contribution in [3.8, 4) is 0 Å². The Labute approximate surface area is 81.6 Å². The van der Waals surface area contributed by atoms with Gasteiger partial charge in [-0.05, 0) is 57.0 Å². The van der Waals surface area contributed by atoms with E-state index in [-0.39, 0.29) is 0 Å². The molecule has 1 fully saturated rings. The van der Waals surface area contributed by atoms with Gasteiger partial charge in [0.1, 0.15) is 0 Å². The van der Waals surface area contributed by atoms with Crippen LogP contribution in [0.25, 0.3) is 0 Å². The molecule has 13 heavy (non-hydrogen) atoms. The molecule has 1 saturated heterocycles. The van der Waals surface area contributed by atoms with E-state index in [0.717, 1.165) is 11.8 Å². The van der Waals surface area contributed by atoms with E-state index in [0.29, 0.717) is 0 Å². The molecular weight excluding hydrogens is 158 g/mol. The van der Waals surface area contributed by atoms with E-state index in [4.69, 9.17) is 0 Å². The van der Waals surface area contributed by atoms with E-state index < -0.39 is 0 Å². The molecule has 2 atom stereocenters. The van der Waals surface area contributed by atoms with Gasteiger partial charge in [-0.3, -0.25) is 0 Å². The van der Waals surface area contributed by atoms with Gasteiger partial charge >= 0.3 is 0 Å². The van der Waals surface area contributed by atoms with Gasteiger partial charge in [-0.1, -0.05) is 18.6 Å². The van der Waals surface area contributed by atoms with Crippen LogP contribution in [0.2, 0.25) is 0 Å². The van der Waals surface area contributed by atoms with Crippen LogP contribution in [0.1, 0.15) is 38.5 Å². The summed E-state index contributed by atoms with van der Waals surface area (Å²) in [6.07, 6.45) is 13.3. The van der Waals surface area contributed by atoms with Crippen molar-refractivity contribution in [1.29, 1.82) is 0 Å². The Morgan fingerprint density at radius 3 is 2.92 bits per heavy atom. The molecule has 1 aliphatic heterocycles. The van der Waals surface area contributed by atoms with Gasteiger partial charge in [0.15, 0.2) is 0 Å². The molecule has 0 aromatic rings. The van der Waals surface area contributed by atoms with Crippen LogP contribution in [0, 0.1) is 11.8 Å². The van der Waals surface area contributed by atoms with Crippen molar-refractivity contribution < 1.29 is 0 Å². The highest BCUT2D eigenvalue weighted by molar-refractivity contribution is 4.96. The number of hydrogen-bond donors (Lipinski definition) is 1. The van der Waals surface area contributed by atoms with Crippen LogP contribution in [0.4, 0.5) is 0 Å². The fraction of sp³-hybridized carbons (Fsp3) is 0.833. The van der Waals surface area contributed by atoms with Gasteiger partial charge in [-0.2, -0.15) is 0 Å². The minimum atomic E-state index is 0.888. The molecule has 2 rings (SSSR count). The highest BCUT2D eigenvalue weighted by Crippen LogP contribution is 2.28. The predicted molar refractivity (Wildman–Crippen MR) is 56.7 cm³/mol. The minimum Gasteiger partial charge on any atom is -0.316 e. The maximum Gasteiger partial charge on any atom is -0.00149 e. The quantitative estimate of drug-likeness (QED) is 0.610. The molecule has 0 aromatic carbocycles. The molecule has 1 N–H and O–H groups in total. The smallest absolute Gasteiger partial charge is 0.00149 e. The Morgan fingerprint density at radius 2 is 2.08 bits per heavy atom. The number of rotatable bonds is 1. The van der Waals surface area contributed by atoms with E-state index >= 15 is 0 Å². The summed E-state index contributed by atoms with van der Waals surface area (Å²) in [4.78, 5) is 0. The van der Waals surface area contributed by atoms with Crippen molar-refractivity contribution in [1.82, 2.24) is 5.32 Å². The van der Waals surface area contributed by atoms with E-state index in [9.17, 15) is 0 Å². The molecule has 1 nitrogen and oxygen atoms in total. The highest BCUT2D eigenvalue weighted by Gasteiger charge is 2.21. The molecule has 2 unspecified atom stereocenters. The molecular formula is C12H21N. The molecule has 0 saturated carbocycles. The molecule has 0 amide bonds. The average molecular weight is 179 g/mol. The second-order valence-electron chi connectivity index (χ2n) is 4.48. The summed E-state index contributed by atoms with van der Waals surface area (Å²) in [5.74, 6) is 1.82. The fourth-order valence-electron chi connectivity index (χ4n) is 2.64. The number of nitrogens with one attached hydrogen (secondary N) is 1. The Balaban J connectivity index is 1.89. The summed E-state index contributed by atoms with van der Waals surface area (Å²) in [7, 11) is 0. The minimum absolute atomic E-state index is 0.888. The lowest BCUT2D eigenvalue weighted by Crippen LogP contribution is -2.26. The van der Waals surface area contributed by atoms with Gasteiger partial charge < -0.3 is 5.32 Å². The third kappa shape index (κ3) is 2.57. The first-order valence-electron chi connectivity index (χ1n) is 5.84. The van der Waals surface area contributed by atoms with Crippen LogP contribution >= 0.6 is 0 Å². The fourth-order valence-corrected chi connectivity index (χ4v) is 2.64. The Kier molecular flexibility index (Phi) is 3.42. The molecule has 0 aromatic heterocycles. The van der Waals surface area contributed by atoms with Crippen molar-refractivity contribution >= 4 is 0 Å². The van der Waals surface area contributed by atoms with Crippen LogP contribution in [0.5, 0.6) is 0 Å². The lowest BCUT2D eigenvalue weighted by Gasteiger charge is -2.25. The first-order valence-corrected chi connectivity index (χ1v) is 5.84. The van der Waals surface area contributed by atoms with Crippen molar-refractivity contribution in [2.75, 3.05) is 13.1 Å². The van der Waals surface area contributed by atoms with Crippen molar-refractivity contribution in [3.05, 3.63) is 12.2 Å². The largest absolute Gasteiger partial charge is 0.316 e.